The molecular formula is C14H21NO. The molecule has 0 aliphatic carbocycles. The van der Waals surface area contributed by atoms with Gasteiger partial charge in [0.05, 0.1) is 0 Å². The van der Waals surface area contributed by atoms with Crippen molar-refractivity contribution < 1.29 is 5.11 Å². The Morgan fingerprint density at radius 3 is 2.81 bits per heavy atom. The van der Waals surface area contributed by atoms with E-state index in [-0.39, 0.29) is 5.41 Å². The summed E-state index contributed by atoms with van der Waals surface area (Å²) in [5.41, 5.74) is 1.47. The second-order valence-electron chi connectivity index (χ2n) is 5.38. The Labute approximate surface area is 97.9 Å². The number of rotatable bonds is 1. The van der Waals surface area contributed by atoms with E-state index in [4.69, 9.17) is 0 Å². The average molecular weight is 219 g/mol. The van der Waals surface area contributed by atoms with Gasteiger partial charge in [-0.1, -0.05) is 26.0 Å². The van der Waals surface area contributed by atoms with Gasteiger partial charge >= 0.3 is 0 Å². The van der Waals surface area contributed by atoms with Gasteiger partial charge in [0.15, 0.2) is 0 Å². The maximum atomic E-state index is 9.59. The molecule has 2 nitrogen and oxygen atoms in total. The van der Waals surface area contributed by atoms with E-state index in [1.165, 1.54) is 5.56 Å². The van der Waals surface area contributed by atoms with Crippen LogP contribution in [-0.4, -0.2) is 30.1 Å². The van der Waals surface area contributed by atoms with Crippen molar-refractivity contribution in [3.05, 3.63) is 29.8 Å². The molecule has 1 aromatic rings. The van der Waals surface area contributed by atoms with Crippen molar-refractivity contribution in [2.24, 2.45) is 5.92 Å². The standard InChI is InChI=1S/C14H21NO/c1-11-10-15(3)8-7-14(11,2)12-5-4-6-13(16)9-12/h4-6,9,11,16H,7-8,10H2,1-3H3/t11-,14-/m0/s1. The molecule has 0 bridgehead atoms. The highest BCUT2D eigenvalue weighted by Crippen LogP contribution is 2.39. The number of piperidine rings is 1. The quantitative estimate of drug-likeness (QED) is 0.785. The van der Waals surface area contributed by atoms with E-state index in [1.807, 2.05) is 12.1 Å². The summed E-state index contributed by atoms with van der Waals surface area (Å²) in [6, 6.07) is 7.75. The summed E-state index contributed by atoms with van der Waals surface area (Å²) in [5.74, 6) is 0.998. The molecule has 0 saturated carbocycles. The predicted molar refractivity (Wildman–Crippen MR) is 66.7 cm³/mol. The summed E-state index contributed by atoms with van der Waals surface area (Å²) < 4.78 is 0. The Balaban J connectivity index is 2.31. The van der Waals surface area contributed by atoms with Gasteiger partial charge in [-0.15, -0.1) is 0 Å². The lowest BCUT2D eigenvalue weighted by Gasteiger charge is -2.44. The van der Waals surface area contributed by atoms with Crippen LogP contribution in [0.2, 0.25) is 0 Å². The maximum Gasteiger partial charge on any atom is 0.115 e. The normalized spacial score (nSPS) is 31.6. The third-order valence-electron chi connectivity index (χ3n) is 4.19. The Morgan fingerprint density at radius 2 is 2.19 bits per heavy atom. The van der Waals surface area contributed by atoms with Crippen LogP contribution in [0.4, 0.5) is 0 Å². The van der Waals surface area contributed by atoms with Crippen molar-refractivity contribution in [1.82, 2.24) is 4.90 Å². The first-order chi connectivity index (χ1) is 7.52. The number of benzene rings is 1. The minimum atomic E-state index is 0.200. The zero-order valence-electron chi connectivity index (χ0n) is 10.4. The maximum absolute atomic E-state index is 9.59. The van der Waals surface area contributed by atoms with E-state index in [1.54, 1.807) is 6.07 Å². The summed E-state index contributed by atoms with van der Waals surface area (Å²) in [5, 5.41) is 9.59. The highest BCUT2D eigenvalue weighted by atomic mass is 16.3. The van der Waals surface area contributed by atoms with Crippen LogP contribution in [0.3, 0.4) is 0 Å². The largest absolute Gasteiger partial charge is 0.508 e. The average Bonchev–Trinajstić information content (AvgIpc) is 2.24. The van der Waals surface area contributed by atoms with E-state index in [0.717, 1.165) is 19.5 Å². The molecular weight excluding hydrogens is 198 g/mol. The van der Waals surface area contributed by atoms with Crippen molar-refractivity contribution in [2.75, 3.05) is 20.1 Å². The molecule has 0 unspecified atom stereocenters. The highest BCUT2D eigenvalue weighted by molar-refractivity contribution is 5.33. The summed E-state index contributed by atoms with van der Waals surface area (Å²) >= 11 is 0. The highest BCUT2D eigenvalue weighted by Gasteiger charge is 2.36. The Morgan fingerprint density at radius 1 is 1.44 bits per heavy atom. The molecule has 88 valence electrons. The summed E-state index contributed by atoms with van der Waals surface area (Å²) in [6.07, 6.45) is 1.16. The fraction of sp³-hybridized carbons (Fsp3) is 0.571. The molecule has 1 fully saturated rings. The van der Waals surface area contributed by atoms with E-state index in [9.17, 15) is 5.11 Å². The fourth-order valence-corrected chi connectivity index (χ4v) is 2.72. The molecule has 1 aliphatic rings. The van der Waals surface area contributed by atoms with E-state index < -0.39 is 0 Å². The summed E-state index contributed by atoms with van der Waals surface area (Å²) in [7, 11) is 2.18. The van der Waals surface area contributed by atoms with Crippen molar-refractivity contribution in [1.29, 1.82) is 0 Å². The van der Waals surface area contributed by atoms with Crippen LogP contribution >= 0.6 is 0 Å². The number of phenols is 1. The van der Waals surface area contributed by atoms with Gasteiger partial charge in [0.25, 0.3) is 0 Å². The van der Waals surface area contributed by atoms with Crippen molar-refractivity contribution in [3.8, 4) is 5.75 Å². The van der Waals surface area contributed by atoms with Gasteiger partial charge < -0.3 is 10.0 Å². The number of aromatic hydroxyl groups is 1. The first-order valence-electron chi connectivity index (χ1n) is 6.00. The van der Waals surface area contributed by atoms with Gasteiger partial charge in [-0.3, -0.25) is 0 Å². The van der Waals surface area contributed by atoms with Crippen molar-refractivity contribution in [2.45, 2.75) is 25.7 Å². The summed E-state index contributed by atoms with van der Waals surface area (Å²) in [6.45, 7) is 6.89. The number of likely N-dealkylation sites (tertiary alicyclic amines) is 1. The fourth-order valence-electron chi connectivity index (χ4n) is 2.72. The molecule has 0 spiro atoms. The SMILES string of the molecule is C[C@H]1CN(C)CC[C@]1(C)c1cccc(O)c1. The van der Waals surface area contributed by atoms with Crippen LogP contribution in [0.5, 0.6) is 5.75 Å². The molecule has 1 saturated heterocycles. The lowest BCUT2D eigenvalue weighted by atomic mass is 9.68. The number of hydrogen-bond acceptors (Lipinski definition) is 2. The number of nitrogens with zero attached hydrogens (tertiary/aromatic N) is 1. The van der Waals surface area contributed by atoms with E-state index in [2.05, 4.69) is 31.9 Å². The molecule has 0 aromatic heterocycles. The van der Waals surface area contributed by atoms with Gasteiger partial charge in [-0.25, -0.2) is 0 Å². The Hall–Kier alpha value is -1.02. The second-order valence-corrected chi connectivity index (χ2v) is 5.38. The molecule has 1 heterocycles. The minimum absolute atomic E-state index is 0.200. The molecule has 0 radical (unpaired) electrons. The number of phenolic OH excluding ortho intramolecular Hbond substituents is 1. The van der Waals surface area contributed by atoms with Gasteiger partial charge in [0.1, 0.15) is 5.75 Å². The van der Waals surface area contributed by atoms with Crippen LogP contribution in [0.1, 0.15) is 25.8 Å². The zero-order valence-corrected chi connectivity index (χ0v) is 10.4. The molecule has 0 amide bonds. The monoisotopic (exact) mass is 219 g/mol. The molecule has 1 N–H and O–H groups in total. The lowest BCUT2D eigenvalue weighted by Crippen LogP contribution is -2.45. The van der Waals surface area contributed by atoms with Crippen LogP contribution < -0.4 is 0 Å². The first-order valence-corrected chi connectivity index (χ1v) is 6.00. The van der Waals surface area contributed by atoms with Crippen LogP contribution in [0.25, 0.3) is 0 Å². The second kappa shape index (κ2) is 4.10. The van der Waals surface area contributed by atoms with Gasteiger partial charge in [-0.05, 0) is 49.0 Å². The molecule has 2 rings (SSSR count). The lowest BCUT2D eigenvalue weighted by molar-refractivity contribution is 0.133. The van der Waals surface area contributed by atoms with E-state index in [0.29, 0.717) is 11.7 Å². The molecule has 2 atom stereocenters. The van der Waals surface area contributed by atoms with Crippen LogP contribution in [-0.2, 0) is 5.41 Å². The topological polar surface area (TPSA) is 23.5 Å². The predicted octanol–water partition coefficient (Wildman–Crippen LogP) is 2.62. The zero-order chi connectivity index (χ0) is 11.8. The van der Waals surface area contributed by atoms with Crippen LogP contribution in [0.15, 0.2) is 24.3 Å². The van der Waals surface area contributed by atoms with Gasteiger partial charge in [-0.2, -0.15) is 0 Å². The van der Waals surface area contributed by atoms with Crippen LogP contribution in [0, 0.1) is 5.92 Å². The smallest absolute Gasteiger partial charge is 0.115 e. The Kier molecular flexibility index (Phi) is 2.94. The third-order valence-corrected chi connectivity index (χ3v) is 4.19. The first kappa shape index (κ1) is 11.5. The molecule has 16 heavy (non-hydrogen) atoms. The molecule has 2 heteroatoms. The van der Waals surface area contributed by atoms with Gasteiger partial charge in [0, 0.05) is 6.54 Å². The molecule has 1 aromatic carbocycles. The minimum Gasteiger partial charge on any atom is -0.508 e. The third kappa shape index (κ3) is 1.94. The van der Waals surface area contributed by atoms with Crippen molar-refractivity contribution >= 4 is 0 Å². The Bertz CT molecular complexity index is 377. The van der Waals surface area contributed by atoms with Crippen molar-refractivity contribution in [3.63, 3.8) is 0 Å². The molecule has 1 aliphatic heterocycles. The number of hydrogen-bond donors (Lipinski definition) is 1. The van der Waals surface area contributed by atoms with E-state index >= 15 is 0 Å². The summed E-state index contributed by atoms with van der Waals surface area (Å²) in [4.78, 5) is 2.38. The van der Waals surface area contributed by atoms with Gasteiger partial charge in [0.2, 0.25) is 0 Å².